The fraction of sp³-hybridized carbons (Fsp3) is 0.375. The van der Waals surface area contributed by atoms with Crippen LogP contribution in [0, 0.1) is 0 Å². The van der Waals surface area contributed by atoms with Crippen LogP contribution in [0.1, 0.15) is 35.0 Å². The molecule has 1 atom stereocenters. The molecule has 0 saturated heterocycles. The molecule has 1 aliphatic rings. The number of benzene rings is 1. The molecule has 4 heteroatoms. The maximum atomic E-state index is 11.7. The molecular weight excluding hydrogens is 252 g/mol. The van der Waals surface area contributed by atoms with Gasteiger partial charge in [-0.3, -0.25) is 4.79 Å². The van der Waals surface area contributed by atoms with Crippen molar-refractivity contribution < 1.29 is 4.74 Å². The van der Waals surface area contributed by atoms with Gasteiger partial charge in [0.15, 0.2) is 0 Å². The van der Waals surface area contributed by atoms with E-state index >= 15 is 0 Å². The molecule has 1 heterocycles. The predicted octanol–water partition coefficient (Wildman–Crippen LogP) is 2.19. The minimum Gasteiger partial charge on any atom is -0.378 e. The van der Waals surface area contributed by atoms with E-state index in [9.17, 15) is 4.79 Å². The summed E-state index contributed by atoms with van der Waals surface area (Å²) in [6.45, 7) is 0.375. The zero-order valence-electron chi connectivity index (χ0n) is 11.6. The summed E-state index contributed by atoms with van der Waals surface area (Å²) in [7, 11) is 1.61. The first kappa shape index (κ1) is 13.1. The first-order chi connectivity index (χ1) is 9.76. The fourth-order valence-electron chi connectivity index (χ4n) is 2.87. The van der Waals surface area contributed by atoms with Gasteiger partial charge in [0.1, 0.15) is 5.82 Å². The Balaban J connectivity index is 1.89. The van der Waals surface area contributed by atoms with Crippen LogP contribution < -0.4 is 5.56 Å². The third kappa shape index (κ3) is 2.65. The Bertz CT molecular complexity index is 664. The van der Waals surface area contributed by atoms with Crippen molar-refractivity contribution in [1.82, 2.24) is 9.97 Å². The lowest BCUT2D eigenvalue weighted by atomic mass is 9.83. The van der Waals surface area contributed by atoms with Crippen molar-refractivity contribution in [2.24, 2.45) is 0 Å². The van der Waals surface area contributed by atoms with E-state index in [1.54, 1.807) is 7.11 Å². The van der Waals surface area contributed by atoms with Crippen LogP contribution in [0.2, 0.25) is 0 Å². The van der Waals surface area contributed by atoms with Crippen LogP contribution >= 0.6 is 0 Å². The summed E-state index contributed by atoms with van der Waals surface area (Å²) in [6, 6.07) is 10.0. The summed E-state index contributed by atoms with van der Waals surface area (Å²) in [5, 5.41) is 0. The van der Waals surface area contributed by atoms with Crippen molar-refractivity contribution in [3.63, 3.8) is 0 Å². The summed E-state index contributed by atoms with van der Waals surface area (Å²) >= 11 is 0. The molecule has 0 fully saturated rings. The van der Waals surface area contributed by atoms with Gasteiger partial charge >= 0.3 is 0 Å². The van der Waals surface area contributed by atoms with Gasteiger partial charge in [-0.15, -0.1) is 0 Å². The van der Waals surface area contributed by atoms with Gasteiger partial charge in [-0.2, -0.15) is 0 Å². The molecule has 104 valence electrons. The second kappa shape index (κ2) is 5.59. The lowest BCUT2D eigenvalue weighted by Crippen LogP contribution is -2.20. The van der Waals surface area contributed by atoms with Crippen LogP contribution in [-0.2, 0) is 24.2 Å². The highest BCUT2D eigenvalue weighted by molar-refractivity contribution is 5.31. The highest BCUT2D eigenvalue weighted by atomic mass is 16.5. The van der Waals surface area contributed by atoms with Gasteiger partial charge in [-0.25, -0.2) is 4.98 Å². The van der Waals surface area contributed by atoms with Gasteiger partial charge in [-0.1, -0.05) is 24.3 Å². The number of aromatic nitrogens is 2. The van der Waals surface area contributed by atoms with Gasteiger partial charge in [0.2, 0.25) is 0 Å². The Hall–Kier alpha value is -1.94. The molecule has 3 rings (SSSR count). The zero-order chi connectivity index (χ0) is 13.9. The molecule has 1 aliphatic carbocycles. The minimum absolute atomic E-state index is 0.0964. The van der Waals surface area contributed by atoms with Crippen molar-refractivity contribution in [1.29, 1.82) is 0 Å². The Kier molecular flexibility index (Phi) is 3.65. The average Bonchev–Trinajstić information content (AvgIpc) is 2.46. The average molecular weight is 270 g/mol. The maximum Gasteiger partial charge on any atom is 0.251 e. The molecule has 20 heavy (non-hydrogen) atoms. The predicted molar refractivity (Wildman–Crippen MR) is 76.8 cm³/mol. The lowest BCUT2D eigenvalue weighted by molar-refractivity contribution is 0.181. The Labute approximate surface area is 117 Å². The van der Waals surface area contributed by atoms with Crippen LogP contribution in [-0.4, -0.2) is 17.1 Å². The quantitative estimate of drug-likeness (QED) is 0.930. The van der Waals surface area contributed by atoms with E-state index in [0.29, 0.717) is 12.3 Å². The van der Waals surface area contributed by atoms with Crippen molar-refractivity contribution in [3.05, 3.63) is 63.3 Å². The second-order valence-corrected chi connectivity index (χ2v) is 5.26. The normalized spacial score (nSPS) is 17.8. The molecule has 4 nitrogen and oxygen atoms in total. The van der Waals surface area contributed by atoms with E-state index < -0.39 is 0 Å². The smallest absolute Gasteiger partial charge is 0.251 e. The molecular formula is C16H18N2O2. The third-order valence-corrected chi connectivity index (χ3v) is 3.84. The van der Waals surface area contributed by atoms with Gasteiger partial charge in [0.05, 0.1) is 12.3 Å². The number of fused-ring (bicyclic) bond motifs is 1. The highest BCUT2D eigenvalue weighted by Crippen LogP contribution is 2.30. The largest absolute Gasteiger partial charge is 0.378 e. The Morgan fingerprint density at radius 2 is 2.15 bits per heavy atom. The molecule has 2 aromatic rings. The number of nitrogens with zero attached hydrogens (tertiary/aromatic N) is 1. The molecule has 0 spiro atoms. The molecule has 0 saturated carbocycles. The minimum atomic E-state index is -0.0964. The van der Waals surface area contributed by atoms with Gasteiger partial charge in [0, 0.05) is 19.1 Å². The van der Waals surface area contributed by atoms with Crippen LogP contribution in [0.4, 0.5) is 0 Å². The maximum absolute atomic E-state index is 11.7. The molecule has 0 aliphatic heterocycles. The fourth-order valence-corrected chi connectivity index (χ4v) is 2.87. The van der Waals surface area contributed by atoms with Gasteiger partial charge < -0.3 is 9.72 Å². The summed E-state index contributed by atoms with van der Waals surface area (Å²) in [6.07, 6.45) is 3.00. The van der Waals surface area contributed by atoms with E-state index in [0.717, 1.165) is 25.1 Å². The molecule has 0 bridgehead atoms. The van der Waals surface area contributed by atoms with E-state index in [4.69, 9.17) is 4.74 Å². The first-order valence-corrected chi connectivity index (χ1v) is 6.92. The van der Waals surface area contributed by atoms with Crippen molar-refractivity contribution in [2.45, 2.75) is 31.8 Å². The van der Waals surface area contributed by atoms with Crippen LogP contribution in [0.5, 0.6) is 0 Å². The van der Waals surface area contributed by atoms with Crippen LogP contribution in [0.15, 0.2) is 35.1 Å². The molecule has 1 N–H and O–H groups in total. The standard InChI is InChI=1S/C16H18N2O2/c1-20-10-14-9-15(19)18-16(17-14)13-7-6-11-4-2-3-5-12(11)8-13/h2-5,9,13H,6-8,10H2,1H3,(H,17,18,19). The van der Waals surface area contributed by atoms with Gasteiger partial charge in [-0.05, 0) is 30.4 Å². The molecule has 1 unspecified atom stereocenters. The number of H-pyrrole nitrogens is 1. The van der Waals surface area contributed by atoms with E-state index in [1.807, 2.05) is 0 Å². The van der Waals surface area contributed by atoms with Crippen LogP contribution in [0.25, 0.3) is 0 Å². The SMILES string of the molecule is COCc1cc(=O)[nH]c(C2CCc3ccccc3C2)n1. The van der Waals surface area contributed by atoms with Crippen molar-refractivity contribution >= 4 is 0 Å². The second-order valence-electron chi connectivity index (χ2n) is 5.26. The summed E-state index contributed by atoms with van der Waals surface area (Å²) in [4.78, 5) is 19.1. The van der Waals surface area contributed by atoms with E-state index in [1.165, 1.54) is 17.2 Å². The molecule has 1 aromatic heterocycles. The molecule has 1 aromatic carbocycles. The lowest BCUT2D eigenvalue weighted by Gasteiger charge is -2.24. The number of ether oxygens (including phenoxy) is 1. The van der Waals surface area contributed by atoms with E-state index in [-0.39, 0.29) is 11.5 Å². The third-order valence-electron chi connectivity index (χ3n) is 3.84. The monoisotopic (exact) mass is 270 g/mol. The number of hydrogen-bond acceptors (Lipinski definition) is 3. The first-order valence-electron chi connectivity index (χ1n) is 6.92. The Morgan fingerprint density at radius 1 is 1.35 bits per heavy atom. The highest BCUT2D eigenvalue weighted by Gasteiger charge is 2.22. The number of aryl methyl sites for hydroxylation is 1. The summed E-state index contributed by atoms with van der Waals surface area (Å²) in [5.74, 6) is 1.08. The Morgan fingerprint density at radius 3 is 2.95 bits per heavy atom. The van der Waals surface area contributed by atoms with Gasteiger partial charge in [0.25, 0.3) is 5.56 Å². The number of rotatable bonds is 3. The number of methoxy groups -OCH3 is 1. The molecule has 0 radical (unpaired) electrons. The zero-order valence-corrected chi connectivity index (χ0v) is 11.6. The summed E-state index contributed by atoms with van der Waals surface area (Å²) in [5.41, 5.74) is 3.38. The van der Waals surface area contributed by atoms with Crippen molar-refractivity contribution in [3.8, 4) is 0 Å². The topological polar surface area (TPSA) is 55.0 Å². The van der Waals surface area contributed by atoms with Crippen LogP contribution in [0.3, 0.4) is 0 Å². The summed E-state index contributed by atoms with van der Waals surface area (Å²) < 4.78 is 5.07. The van der Waals surface area contributed by atoms with E-state index in [2.05, 4.69) is 34.2 Å². The number of hydrogen-bond donors (Lipinski definition) is 1. The van der Waals surface area contributed by atoms with Crippen molar-refractivity contribution in [2.75, 3.05) is 7.11 Å². The number of aromatic amines is 1. The number of nitrogens with one attached hydrogen (secondary N) is 1. The molecule has 0 amide bonds.